The molecule has 0 saturated heterocycles. The van der Waals surface area contributed by atoms with Gasteiger partial charge in [-0.05, 0) is 55.1 Å². The van der Waals surface area contributed by atoms with Gasteiger partial charge in [0, 0.05) is 18.0 Å². The van der Waals surface area contributed by atoms with Gasteiger partial charge in [-0.3, -0.25) is 0 Å². The number of aryl methyl sites for hydroxylation is 1. The van der Waals surface area contributed by atoms with Crippen molar-refractivity contribution in [3.05, 3.63) is 47.8 Å². The number of carbonyl (C=O) groups excluding carboxylic acids is 1. The summed E-state index contributed by atoms with van der Waals surface area (Å²) in [6.07, 6.45) is 8.32. The van der Waals surface area contributed by atoms with Gasteiger partial charge in [0.15, 0.2) is 12.0 Å². The minimum absolute atomic E-state index is 0.162. The molecule has 30 heavy (non-hydrogen) atoms. The van der Waals surface area contributed by atoms with E-state index in [0.717, 1.165) is 49.9 Å². The standard InChI is InChI=1S/C25H33FN2O2/c1-4-6-18-15-27-24(28-16-18)21-9-7-19(8-10-21)20-11-13-22(14-12-20)30-25(29)23(26)17(3)5-2/h7-10,15-17,20,22-23H,4-6,11-14H2,1-3H3/t17-,20?,22?,23-/m0/s1. The minimum atomic E-state index is -1.52. The molecule has 4 nitrogen and oxygen atoms in total. The summed E-state index contributed by atoms with van der Waals surface area (Å²) >= 11 is 0. The van der Waals surface area contributed by atoms with E-state index < -0.39 is 12.1 Å². The van der Waals surface area contributed by atoms with Gasteiger partial charge in [-0.2, -0.15) is 0 Å². The number of aromatic nitrogens is 2. The summed E-state index contributed by atoms with van der Waals surface area (Å²) in [6.45, 7) is 5.78. The molecule has 1 heterocycles. The first kappa shape index (κ1) is 22.4. The van der Waals surface area contributed by atoms with Crippen LogP contribution in [0, 0.1) is 5.92 Å². The lowest BCUT2D eigenvalue weighted by atomic mass is 9.82. The maximum Gasteiger partial charge on any atom is 0.341 e. The van der Waals surface area contributed by atoms with Crippen molar-refractivity contribution in [2.24, 2.45) is 5.92 Å². The predicted molar refractivity (Wildman–Crippen MR) is 117 cm³/mol. The molecule has 0 spiro atoms. The Hall–Kier alpha value is -2.30. The molecule has 1 aromatic carbocycles. The quantitative estimate of drug-likeness (QED) is 0.495. The van der Waals surface area contributed by atoms with Crippen LogP contribution in [-0.4, -0.2) is 28.2 Å². The van der Waals surface area contributed by atoms with Gasteiger partial charge < -0.3 is 4.74 Å². The van der Waals surface area contributed by atoms with E-state index in [0.29, 0.717) is 12.3 Å². The number of carbonyl (C=O) groups is 1. The van der Waals surface area contributed by atoms with Gasteiger partial charge in [-0.15, -0.1) is 0 Å². The zero-order chi connectivity index (χ0) is 21.5. The fourth-order valence-electron chi connectivity index (χ4n) is 4.01. The summed E-state index contributed by atoms with van der Waals surface area (Å²) in [5.41, 5.74) is 3.47. The second-order valence-electron chi connectivity index (χ2n) is 8.48. The molecule has 162 valence electrons. The van der Waals surface area contributed by atoms with Crippen LogP contribution in [0.1, 0.15) is 76.3 Å². The summed E-state index contributed by atoms with van der Waals surface area (Å²) in [7, 11) is 0. The van der Waals surface area contributed by atoms with E-state index in [-0.39, 0.29) is 12.0 Å². The molecule has 2 atom stereocenters. The van der Waals surface area contributed by atoms with Crippen LogP contribution in [0.15, 0.2) is 36.7 Å². The largest absolute Gasteiger partial charge is 0.460 e. The normalized spacial score (nSPS) is 21.1. The minimum Gasteiger partial charge on any atom is -0.460 e. The molecule has 1 aliphatic rings. The van der Waals surface area contributed by atoms with Crippen LogP contribution in [0.2, 0.25) is 0 Å². The predicted octanol–water partition coefficient (Wildman–Crippen LogP) is 6.05. The molecule has 1 saturated carbocycles. The first-order valence-corrected chi connectivity index (χ1v) is 11.3. The van der Waals surface area contributed by atoms with Crippen molar-refractivity contribution in [3.63, 3.8) is 0 Å². The van der Waals surface area contributed by atoms with Crippen LogP contribution >= 0.6 is 0 Å². The second kappa shape index (κ2) is 10.6. The van der Waals surface area contributed by atoms with Crippen LogP contribution < -0.4 is 0 Å². The third-order valence-electron chi connectivity index (χ3n) is 6.21. The lowest BCUT2D eigenvalue weighted by molar-refractivity contribution is -0.158. The maximum atomic E-state index is 14.0. The number of alkyl halides is 1. The molecule has 0 aliphatic heterocycles. The summed E-state index contributed by atoms with van der Waals surface area (Å²) < 4.78 is 19.5. The third kappa shape index (κ3) is 5.65. The van der Waals surface area contributed by atoms with Gasteiger partial charge in [0.2, 0.25) is 0 Å². The SMILES string of the molecule is CCCc1cnc(-c2ccc(C3CCC(OC(=O)[C@@H](F)[C@@H](C)CC)CC3)cc2)nc1. The Morgan fingerprint density at radius 3 is 2.30 bits per heavy atom. The van der Waals surface area contributed by atoms with Gasteiger partial charge in [0.1, 0.15) is 6.10 Å². The highest BCUT2D eigenvalue weighted by molar-refractivity contribution is 5.75. The monoisotopic (exact) mass is 412 g/mol. The Morgan fingerprint density at radius 2 is 1.73 bits per heavy atom. The summed E-state index contributed by atoms with van der Waals surface area (Å²) in [5.74, 6) is 0.206. The lowest BCUT2D eigenvalue weighted by Gasteiger charge is -2.29. The van der Waals surface area contributed by atoms with E-state index in [1.807, 2.05) is 19.3 Å². The molecule has 0 amide bonds. The van der Waals surface area contributed by atoms with E-state index in [9.17, 15) is 9.18 Å². The highest BCUT2D eigenvalue weighted by Gasteiger charge is 2.30. The number of rotatable bonds is 8. The lowest BCUT2D eigenvalue weighted by Crippen LogP contribution is -2.31. The molecular weight excluding hydrogens is 379 g/mol. The summed E-state index contributed by atoms with van der Waals surface area (Å²) in [6, 6.07) is 8.46. The molecule has 2 aromatic rings. The molecule has 0 unspecified atom stereocenters. The highest BCUT2D eigenvalue weighted by atomic mass is 19.1. The van der Waals surface area contributed by atoms with Crippen molar-refractivity contribution in [1.82, 2.24) is 9.97 Å². The topological polar surface area (TPSA) is 52.1 Å². The smallest absolute Gasteiger partial charge is 0.341 e. The van der Waals surface area contributed by atoms with Crippen molar-refractivity contribution in [2.45, 2.75) is 83.9 Å². The van der Waals surface area contributed by atoms with E-state index >= 15 is 0 Å². The van der Waals surface area contributed by atoms with Crippen LogP contribution in [0.4, 0.5) is 4.39 Å². The molecule has 5 heteroatoms. The van der Waals surface area contributed by atoms with Crippen LogP contribution in [0.3, 0.4) is 0 Å². The van der Waals surface area contributed by atoms with Crippen molar-refractivity contribution in [1.29, 1.82) is 0 Å². The van der Waals surface area contributed by atoms with Crippen molar-refractivity contribution < 1.29 is 13.9 Å². The van der Waals surface area contributed by atoms with Gasteiger partial charge in [-0.25, -0.2) is 19.2 Å². The molecular formula is C25H33FN2O2. The fourth-order valence-corrected chi connectivity index (χ4v) is 4.01. The molecule has 0 bridgehead atoms. The maximum absolute atomic E-state index is 14.0. The molecule has 1 fully saturated rings. The van der Waals surface area contributed by atoms with Gasteiger partial charge in [0.25, 0.3) is 0 Å². The van der Waals surface area contributed by atoms with E-state index in [4.69, 9.17) is 4.74 Å². The zero-order valence-corrected chi connectivity index (χ0v) is 18.3. The van der Waals surface area contributed by atoms with E-state index in [1.165, 1.54) is 11.1 Å². The third-order valence-corrected chi connectivity index (χ3v) is 6.21. The molecule has 0 N–H and O–H groups in total. The Bertz CT molecular complexity index is 799. The van der Waals surface area contributed by atoms with Crippen LogP contribution in [0.25, 0.3) is 11.4 Å². The van der Waals surface area contributed by atoms with Crippen molar-refractivity contribution >= 4 is 5.97 Å². The molecule has 3 rings (SSSR count). The number of esters is 1. The Balaban J connectivity index is 1.53. The Labute approximate surface area is 179 Å². The first-order valence-electron chi connectivity index (χ1n) is 11.3. The van der Waals surface area contributed by atoms with Gasteiger partial charge in [0.05, 0.1) is 0 Å². The van der Waals surface area contributed by atoms with Crippen molar-refractivity contribution in [2.75, 3.05) is 0 Å². The number of ether oxygens (including phenoxy) is 1. The molecule has 1 aromatic heterocycles. The van der Waals surface area contributed by atoms with Gasteiger partial charge >= 0.3 is 5.97 Å². The first-order chi connectivity index (χ1) is 14.5. The molecule has 0 radical (unpaired) electrons. The number of halogens is 1. The number of benzene rings is 1. The van der Waals surface area contributed by atoms with Crippen molar-refractivity contribution in [3.8, 4) is 11.4 Å². The summed E-state index contributed by atoms with van der Waals surface area (Å²) in [5, 5.41) is 0. The number of hydrogen-bond donors (Lipinski definition) is 0. The van der Waals surface area contributed by atoms with E-state index in [2.05, 4.69) is 41.2 Å². The number of hydrogen-bond acceptors (Lipinski definition) is 4. The average molecular weight is 413 g/mol. The van der Waals surface area contributed by atoms with Crippen LogP contribution in [0.5, 0.6) is 0 Å². The second-order valence-corrected chi connectivity index (χ2v) is 8.48. The summed E-state index contributed by atoms with van der Waals surface area (Å²) in [4.78, 5) is 21.0. The Kier molecular flexibility index (Phi) is 7.94. The zero-order valence-electron chi connectivity index (χ0n) is 18.3. The highest BCUT2D eigenvalue weighted by Crippen LogP contribution is 2.35. The Morgan fingerprint density at radius 1 is 1.10 bits per heavy atom. The molecule has 1 aliphatic carbocycles. The average Bonchev–Trinajstić information content (AvgIpc) is 2.79. The number of nitrogens with zero attached hydrogens (tertiary/aromatic N) is 2. The van der Waals surface area contributed by atoms with E-state index in [1.54, 1.807) is 6.92 Å². The fraction of sp³-hybridized carbons (Fsp3) is 0.560. The van der Waals surface area contributed by atoms with Gasteiger partial charge in [-0.1, -0.05) is 57.9 Å². The van der Waals surface area contributed by atoms with Crippen LogP contribution in [-0.2, 0) is 16.0 Å².